The number of hydrogen-bond acceptors (Lipinski definition) is 5. The van der Waals surface area contributed by atoms with Gasteiger partial charge < -0.3 is 9.97 Å². The number of nitrogens with one attached hydrogen (secondary N) is 2. The molecule has 3 aromatic heterocycles. The number of rotatable bonds is 0. The van der Waals surface area contributed by atoms with Crippen LogP contribution in [0, 0.1) is 0 Å². The lowest BCUT2D eigenvalue weighted by molar-refractivity contribution is 1.21. The fourth-order valence-corrected chi connectivity index (χ4v) is 10.5. The van der Waals surface area contributed by atoms with E-state index in [-0.39, 0.29) is 170 Å². The summed E-state index contributed by atoms with van der Waals surface area (Å²) in [4.78, 5) is 30.5. The van der Waals surface area contributed by atoms with Gasteiger partial charge in [0.05, 0.1) is 119 Å². The molecule has 0 amide bonds. The summed E-state index contributed by atoms with van der Waals surface area (Å²) >= 11 is 108. The molecule has 2 aliphatic heterocycles. The fourth-order valence-electron chi connectivity index (χ4n) is 6.41. The third-order valence-corrected chi connectivity index (χ3v) is 16.0. The molecule has 0 fully saturated rings. The van der Waals surface area contributed by atoms with Crippen molar-refractivity contribution in [2.24, 2.45) is 0 Å². The van der Waals surface area contributed by atoms with Crippen LogP contribution in [0.1, 0.15) is 0 Å². The molecule has 0 aliphatic carbocycles. The Labute approximate surface area is 392 Å². The maximum absolute atomic E-state index is 6.88. The molecular weight excluding hydrogens is 1060 g/mol. The van der Waals surface area contributed by atoms with Gasteiger partial charge in [-0.2, -0.15) is 0 Å². The second-order valence-corrected chi connectivity index (χ2v) is 17.8. The van der Waals surface area contributed by atoms with Gasteiger partial charge in [-0.1, -0.05) is 186 Å². The van der Waals surface area contributed by atoms with Gasteiger partial charge in [0.15, 0.2) is 17.5 Å². The van der Waals surface area contributed by atoms with Crippen molar-refractivity contribution >= 4 is 230 Å². The molecule has 0 spiro atoms. The Hall–Kier alpha value is -1.05. The Morgan fingerprint density at radius 1 is 0.286 bits per heavy atom. The highest BCUT2D eigenvalue weighted by atomic mass is 35.5. The Morgan fingerprint density at radius 3 is 1.02 bits per heavy atom. The van der Waals surface area contributed by atoms with Crippen molar-refractivity contribution < 1.29 is 0 Å². The molecule has 282 valence electrons. The van der Waals surface area contributed by atoms with Crippen LogP contribution in [0.5, 0.6) is 0 Å². The first-order chi connectivity index (χ1) is 26.4. The van der Waals surface area contributed by atoms with Crippen molar-refractivity contribution in [3.8, 4) is 45.4 Å². The summed E-state index contributed by atoms with van der Waals surface area (Å²) in [5.41, 5.74) is 1.42. The van der Waals surface area contributed by atoms with E-state index < -0.39 is 0 Å². The monoisotopic (exact) mass is 1060 g/mol. The van der Waals surface area contributed by atoms with Crippen molar-refractivity contribution in [3.63, 3.8) is 0 Å². The molecule has 4 aromatic carbocycles. The molecule has 0 atom stereocenters. The van der Waals surface area contributed by atoms with E-state index >= 15 is 0 Å². The zero-order chi connectivity index (χ0) is 40.1. The van der Waals surface area contributed by atoms with E-state index in [1.807, 2.05) is 0 Å². The smallest absolute Gasteiger partial charge is 0.166 e. The van der Waals surface area contributed by atoms with Crippen LogP contribution in [-0.2, 0) is 0 Å². The van der Waals surface area contributed by atoms with Crippen LogP contribution in [0.2, 0.25) is 80.4 Å². The molecular formula is C33H3Cl16N7. The van der Waals surface area contributed by atoms with Crippen LogP contribution in [-0.4, -0.2) is 34.9 Å². The predicted octanol–water partition coefficient (Wildman–Crippen LogP) is 17.9. The largest absolute Gasteiger partial charge is 0.339 e. The quantitative estimate of drug-likeness (QED) is 0.117. The minimum absolute atomic E-state index is 0.00169. The standard InChI is InChI=1S/C33H3Cl16N7/c34-12-4-2-1-3-5-7(15(37)23(45)21(43)13(5)35)29(51-3)53-31-9-11(19(41)27(49)25(47)17(9)39)33(55-31)56-32-10-8(16(38)24(46)26(48)18(10)40)30(54-32)52-28(50-2)6(4)14(36)22(44)20(12)42/h1H,(H2,50,51,52,53,54,55,56). The van der Waals surface area contributed by atoms with Crippen LogP contribution >= 0.6 is 186 Å². The molecule has 7 nitrogen and oxygen atoms in total. The lowest BCUT2D eigenvalue weighted by Gasteiger charge is -2.09. The van der Waals surface area contributed by atoms with Crippen molar-refractivity contribution in [3.05, 3.63) is 86.4 Å². The summed E-state index contributed by atoms with van der Waals surface area (Å²) in [6.07, 6.45) is 0. The first kappa shape index (κ1) is 40.4. The third-order valence-electron chi connectivity index (χ3n) is 8.84. The summed E-state index contributed by atoms with van der Waals surface area (Å²) in [6.45, 7) is 0. The molecule has 8 bridgehead atoms. The van der Waals surface area contributed by atoms with Gasteiger partial charge in [-0.15, -0.1) is 0 Å². The first-order valence-electron chi connectivity index (χ1n) is 14.8. The predicted molar refractivity (Wildman–Crippen MR) is 238 cm³/mol. The van der Waals surface area contributed by atoms with Crippen LogP contribution < -0.4 is 0 Å². The number of fused-ring (bicyclic) bond motifs is 20. The third kappa shape index (κ3) is 5.66. The second kappa shape index (κ2) is 14.3. The fraction of sp³-hybridized carbons (Fsp3) is 0. The van der Waals surface area contributed by atoms with E-state index in [4.69, 9.17) is 211 Å². The van der Waals surface area contributed by atoms with Gasteiger partial charge in [-0.3, -0.25) is 0 Å². The lowest BCUT2D eigenvalue weighted by Crippen LogP contribution is -1.88. The maximum atomic E-state index is 6.88. The summed E-state index contributed by atoms with van der Waals surface area (Å²) in [6, 6.07) is 1.57. The highest BCUT2D eigenvalue weighted by Gasteiger charge is 2.33. The normalized spacial score (nSPS) is 12.3. The molecule has 56 heavy (non-hydrogen) atoms. The number of nitrogens with zero attached hydrogens (tertiary/aromatic N) is 5. The van der Waals surface area contributed by atoms with Gasteiger partial charge in [-0.05, 0) is 6.07 Å². The Bertz CT molecular complexity index is 2810. The van der Waals surface area contributed by atoms with E-state index in [1.165, 1.54) is 0 Å². The molecule has 2 aliphatic rings. The molecule has 23 heteroatoms. The highest BCUT2D eigenvalue weighted by molar-refractivity contribution is 6.59. The van der Waals surface area contributed by atoms with E-state index in [9.17, 15) is 0 Å². The zero-order valence-electron chi connectivity index (χ0n) is 25.9. The van der Waals surface area contributed by atoms with E-state index in [1.54, 1.807) is 6.07 Å². The van der Waals surface area contributed by atoms with Crippen LogP contribution in [0.15, 0.2) is 6.07 Å². The minimum Gasteiger partial charge on any atom is -0.339 e. The SMILES string of the molecule is Clc1c(Cl)c(Cl)c2c(c1Cl)-c1cc3[nH]c(nc4nc(nc5[nH]c(nc-2n1)c1c(Cl)c(Cl)c(Cl)c(Cl)c51)-c1c(Cl)c(Cl)c(Cl)c(Cl)c1-4)c1c(Cl)c(Cl)c(Cl)c(Cl)c31. The van der Waals surface area contributed by atoms with Crippen LogP contribution in [0.4, 0.5) is 0 Å². The molecule has 5 heterocycles. The van der Waals surface area contributed by atoms with Crippen LogP contribution in [0.25, 0.3) is 89.4 Å². The van der Waals surface area contributed by atoms with E-state index in [0.717, 1.165) is 0 Å². The minimum atomic E-state index is -0.0763. The lowest BCUT2D eigenvalue weighted by atomic mass is 10.1. The van der Waals surface area contributed by atoms with Crippen molar-refractivity contribution in [1.29, 1.82) is 0 Å². The van der Waals surface area contributed by atoms with Crippen molar-refractivity contribution in [1.82, 2.24) is 34.9 Å². The second-order valence-electron chi connectivity index (χ2n) is 11.8. The molecule has 7 aromatic rings. The van der Waals surface area contributed by atoms with Gasteiger partial charge in [0.1, 0.15) is 16.9 Å². The number of H-pyrrole nitrogens is 2. The molecule has 9 rings (SSSR count). The summed E-state index contributed by atoms with van der Waals surface area (Å²) in [7, 11) is 0. The summed E-state index contributed by atoms with van der Waals surface area (Å²) in [5.74, 6) is -0.0867. The van der Waals surface area contributed by atoms with Gasteiger partial charge >= 0.3 is 0 Å². The number of aromatic nitrogens is 7. The molecule has 0 saturated heterocycles. The average Bonchev–Trinajstić information content (AvgIpc) is 3.92. The van der Waals surface area contributed by atoms with Gasteiger partial charge in [-0.25, -0.2) is 24.9 Å². The number of halogens is 16. The Kier molecular flexibility index (Phi) is 10.3. The maximum Gasteiger partial charge on any atom is 0.166 e. The van der Waals surface area contributed by atoms with Gasteiger partial charge in [0, 0.05) is 16.3 Å². The zero-order valence-corrected chi connectivity index (χ0v) is 38.0. The number of aromatic amines is 2. The first-order valence-corrected chi connectivity index (χ1v) is 20.9. The van der Waals surface area contributed by atoms with Gasteiger partial charge in [0.2, 0.25) is 0 Å². The molecule has 0 radical (unpaired) electrons. The van der Waals surface area contributed by atoms with Crippen LogP contribution in [0.3, 0.4) is 0 Å². The molecule has 0 unspecified atom stereocenters. The Morgan fingerprint density at radius 2 is 0.589 bits per heavy atom. The molecule has 2 N–H and O–H groups in total. The van der Waals surface area contributed by atoms with Crippen molar-refractivity contribution in [2.45, 2.75) is 0 Å². The Balaban J connectivity index is 1.61. The van der Waals surface area contributed by atoms with E-state index in [0.29, 0.717) is 0 Å². The summed E-state index contributed by atoms with van der Waals surface area (Å²) in [5, 5.41) is 0.253. The summed E-state index contributed by atoms with van der Waals surface area (Å²) < 4.78 is 0. The van der Waals surface area contributed by atoms with Crippen molar-refractivity contribution in [2.75, 3.05) is 0 Å². The topological polar surface area (TPSA) is 96.0 Å². The number of benzene rings is 4. The highest BCUT2D eigenvalue weighted by Crippen LogP contribution is 2.55. The molecule has 0 saturated carbocycles. The average molecular weight is 1060 g/mol. The van der Waals surface area contributed by atoms with E-state index in [2.05, 4.69) is 9.97 Å². The van der Waals surface area contributed by atoms with Gasteiger partial charge in [0.25, 0.3) is 0 Å². The number of hydrogen-bond donors (Lipinski definition) is 2.